The molecule has 0 aliphatic heterocycles. The van der Waals surface area contributed by atoms with Crippen molar-refractivity contribution in [3.05, 3.63) is 42.0 Å². The van der Waals surface area contributed by atoms with Crippen LogP contribution in [-0.2, 0) is 11.3 Å². The van der Waals surface area contributed by atoms with Crippen LogP contribution in [0.5, 0.6) is 0 Å². The number of carbonyl (C=O) groups is 1. The lowest BCUT2D eigenvalue weighted by Crippen LogP contribution is -2.33. The predicted octanol–water partition coefficient (Wildman–Crippen LogP) is 2.11. The molecule has 1 aromatic heterocycles. The van der Waals surface area contributed by atoms with Crippen LogP contribution in [0.2, 0.25) is 0 Å². The van der Waals surface area contributed by atoms with Crippen molar-refractivity contribution in [2.45, 2.75) is 39.8 Å². The van der Waals surface area contributed by atoms with Crippen LogP contribution >= 0.6 is 0 Å². The zero-order chi connectivity index (χ0) is 16.2. The van der Waals surface area contributed by atoms with E-state index in [2.05, 4.69) is 41.6 Å². The topological polar surface area (TPSA) is 72.7 Å². The normalized spacial score (nSPS) is 12.9. The summed E-state index contributed by atoms with van der Waals surface area (Å²) in [7, 11) is 0. The van der Waals surface area contributed by atoms with Crippen LogP contribution in [-0.4, -0.2) is 26.1 Å². The summed E-state index contributed by atoms with van der Waals surface area (Å²) in [4.78, 5) is 12.1. The molecule has 1 heterocycles. The van der Waals surface area contributed by atoms with Gasteiger partial charge in [-0.2, -0.15) is 0 Å². The zero-order valence-corrected chi connectivity index (χ0v) is 13.0. The number of nitrogens with one attached hydrogen (secondary N) is 1. The molecule has 0 saturated heterocycles. The zero-order valence-electron chi connectivity index (χ0n) is 13.0. The number of hydrogen-bond acceptors (Lipinski definition) is 4. The van der Waals surface area contributed by atoms with Crippen molar-refractivity contribution in [1.29, 1.82) is 0 Å². The van der Waals surface area contributed by atoms with Crippen LogP contribution in [0, 0.1) is 11.2 Å². The van der Waals surface area contributed by atoms with E-state index in [1.165, 1.54) is 23.1 Å². The standard InChI is InChI=1S/C15H20FN5O/c1-15(2,3)8-13(11-4-6-12(16)7-5-11)18-14(22)9-21-10-17-19-20-21/h4-7,10,13H,8-9H2,1-3H3,(H,18,22)/t13-/m1/s1. The quantitative estimate of drug-likeness (QED) is 0.918. The first kappa shape index (κ1) is 16.1. The van der Waals surface area contributed by atoms with Crippen molar-refractivity contribution < 1.29 is 9.18 Å². The average molecular weight is 305 g/mol. The number of aromatic nitrogens is 4. The summed E-state index contributed by atoms with van der Waals surface area (Å²) in [5, 5.41) is 13.6. The Hall–Kier alpha value is -2.31. The van der Waals surface area contributed by atoms with Gasteiger partial charge < -0.3 is 5.32 Å². The van der Waals surface area contributed by atoms with Gasteiger partial charge in [-0.3, -0.25) is 4.79 Å². The van der Waals surface area contributed by atoms with Gasteiger partial charge in [-0.15, -0.1) is 5.10 Å². The molecule has 0 fully saturated rings. The first-order chi connectivity index (χ1) is 10.3. The molecule has 22 heavy (non-hydrogen) atoms. The van der Waals surface area contributed by atoms with Crippen LogP contribution in [0.25, 0.3) is 0 Å². The summed E-state index contributed by atoms with van der Waals surface area (Å²) >= 11 is 0. The van der Waals surface area contributed by atoms with Crippen molar-refractivity contribution in [2.24, 2.45) is 5.41 Å². The number of benzene rings is 1. The van der Waals surface area contributed by atoms with Gasteiger partial charge in [0.25, 0.3) is 0 Å². The molecule has 0 radical (unpaired) electrons. The fraction of sp³-hybridized carbons (Fsp3) is 0.467. The molecule has 0 aliphatic carbocycles. The summed E-state index contributed by atoms with van der Waals surface area (Å²) in [5.41, 5.74) is 0.891. The number of halogens is 1. The van der Waals surface area contributed by atoms with Crippen LogP contribution in [0.1, 0.15) is 38.8 Å². The number of amides is 1. The predicted molar refractivity (Wildman–Crippen MR) is 79.2 cm³/mol. The van der Waals surface area contributed by atoms with Gasteiger partial charge in [-0.1, -0.05) is 32.9 Å². The van der Waals surface area contributed by atoms with Gasteiger partial charge in [-0.25, -0.2) is 9.07 Å². The minimum atomic E-state index is -0.293. The van der Waals surface area contributed by atoms with Crippen LogP contribution in [0.15, 0.2) is 30.6 Å². The Labute approximate surface area is 128 Å². The molecule has 0 aliphatic rings. The second-order valence-electron chi connectivity index (χ2n) is 6.44. The van der Waals surface area contributed by atoms with E-state index < -0.39 is 0 Å². The largest absolute Gasteiger partial charge is 0.348 e. The van der Waals surface area contributed by atoms with Gasteiger partial charge in [-0.05, 0) is 40.0 Å². The minimum Gasteiger partial charge on any atom is -0.348 e. The maximum Gasteiger partial charge on any atom is 0.242 e. The second kappa shape index (κ2) is 6.64. The highest BCUT2D eigenvalue weighted by molar-refractivity contribution is 5.76. The summed E-state index contributed by atoms with van der Waals surface area (Å²) in [6.45, 7) is 6.33. The van der Waals surface area contributed by atoms with Crippen LogP contribution in [0.3, 0.4) is 0 Å². The summed E-state index contributed by atoms with van der Waals surface area (Å²) in [6, 6.07) is 6.01. The molecule has 6 nitrogen and oxygen atoms in total. The van der Waals surface area contributed by atoms with E-state index in [1.54, 1.807) is 12.1 Å². The molecule has 0 spiro atoms. The Morgan fingerprint density at radius 2 is 2.00 bits per heavy atom. The van der Waals surface area contributed by atoms with E-state index in [0.717, 1.165) is 12.0 Å². The Balaban J connectivity index is 2.10. The molecule has 7 heteroatoms. The molecule has 1 atom stereocenters. The Kier molecular flexibility index (Phi) is 4.85. The lowest BCUT2D eigenvalue weighted by molar-refractivity contribution is -0.122. The van der Waals surface area contributed by atoms with Crippen molar-refractivity contribution in [3.8, 4) is 0 Å². The highest BCUT2D eigenvalue weighted by Gasteiger charge is 2.22. The van der Waals surface area contributed by atoms with Gasteiger partial charge in [0.2, 0.25) is 5.91 Å². The van der Waals surface area contributed by atoms with Crippen LogP contribution in [0.4, 0.5) is 4.39 Å². The van der Waals surface area contributed by atoms with E-state index in [-0.39, 0.29) is 29.7 Å². The number of tetrazole rings is 1. The van der Waals surface area contributed by atoms with Gasteiger partial charge in [0.05, 0.1) is 6.04 Å². The number of rotatable bonds is 5. The third-order valence-electron chi connectivity index (χ3n) is 3.12. The van der Waals surface area contributed by atoms with Gasteiger partial charge in [0.15, 0.2) is 0 Å². The van der Waals surface area contributed by atoms with Gasteiger partial charge >= 0.3 is 0 Å². The molecule has 2 rings (SSSR count). The summed E-state index contributed by atoms with van der Waals surface area (Å²) in [5.74, 6) is -0.482. The monoisotopic (exact) mass is 305 g/mol. The lowest BCUT2D eigenvalue weighted by Gasteiger charge is -2.27. The van der Waals surface area contributed by atoms with Crippen LogP contribution < -0.4 is 5.32 Å². The van der Waals surface area contributed by atoms with Crippen molar-refractivity contribution in [1.82, 2.24) is 25.5 Å². The first-order valence-electron chi connectivity index (χ1n) is 7.09. The molecule has 0 bridgehead atoms. The van der Waals surface area contributed by atoms with Gasteiger partial charge in [0.1, 0.15) is 18.7 Å². The van der Waals surface area contributed by atoms with E-state index in [9.17, 15) is 9.18 Å². The SMILES string of the molecule is CC(C)(C)C[C@@H](NC(=O)Cn1cnnn1)c1ccc(F)cc1. The third kappa shape index (κ3) is 4.91. The molecular formula is C15H20FN5O. The maximum atomic E-state index is 13.1. The molecule has 1 aromatic carbocycles. The van der Waals surface area contributed by atoms with E-state index >= 15 is 0 Å². The van der Waals surface area contributed by atoms with Gasteiger partial charge in [0, 0.05) is 0 Å². The fourth-order valence-electron chi connectivity index (χ4n) is 2.20. The summed E-state index contributed by atoms with van der Waals surface area (Å²) < 4.78 is 14.4. The third-order valence-corrected chi connectivity index (χ3v) is 3.12. The molecule has 118 valence electrons. The first-order valence-corrected chi connectivity index (χ1v) is 7.09. The Morgan fingerprint density at radius 3 is 2.55 bits per heavy atom. The average Bonchev–Trinajstić information content (AvgIpc) is 2.90. The van der Waals surface area contributed by atoms with E-state index in [0.29, 0.717) is 0 Å². The molecule has 1 N–H and O–H groups in total. The molecule has 0 saturated carbocycles. The molecule has 2 aromatic rings. The summed E-state index contributed by atoms with van der Waals surface area (Å²) in [6.07, 6.45) is 2.12. The lowest BCUT2D eigenvalue weighted by atomic mass is 9.85. The minimum absolute atomic E-state index is 0.0150. The van der Waals surface area contributed by atoms with Crippen molar-refractivity contribution in [3.63, 3.8) is 0 Å². The van der Waals surface area contributed by atoms with E-state index in [4.69, 9.17) is 0 Å². The number of hydrogen-bond donors (Lipinski definition) is 1. The highest BCUT2D eigenvalue weighted by Crippen LogP contribution is 2.29. The second-order valence-corrected chi connectivity index (χ2v) is 6.44. The molecular weight excluding hydrogens is 285 g/mol. The molecule has 0 unspecified atom stereocenters. The number of nitrogens with zero attached hydrogens (tertiary/aromatic N) is 4. The highest BCUT2D eigenvalue weighted by atomic mass is 19.1. The molecule has 1 amide bonds. The number of carbonyl (C=O) groups excluding carboxylic acids is 1. The Bertz CT molecular complexity index is 604. The smallest absolute Gasteiger partial charge is 0.242 e. The van der Waals surface area contributed by atoms with Crippen molar-refractivity contribution in [2.75, 3.05) is 0 Å². The van der Waals surface area contributed by atoms with Crippen molar-refractivity contribution >= 4 is 5.91 Å². The maximum absolute atomic E-state index is 13.1. The van der Waals surface area contributed by atoms with E-state index in [1.807, 2.05) is 0 Å². The Morgan fingerprint density at radius 1 is 1.32 bits per heavy atom. The fourth-order valence-corrected chi connectivity index (χ4v) is 2.20.